The molecule has 0 amide bonds. The summed E-state index contributed by atoms with van der Waals surface area (Å²) in [5.41, 5.74) is 1.16. The summed E-state index contributed by atoms with van der Waals surface area (Å²) in [5.74, 6) is 0.287. The molecular weight excluding hydrogens is 633 g/mol. The number of allylic oxidation sites excluding steroid dienone is 1. The molecule has 0 aliphatic carbocycles. The Balaban J connectivity index is 6.41. The number of carbonyl (C=O) groups excluding carboxylic acids is 1. The second kappa shape index (κ2) is 17.1. The number of ether oxygens (including phenoxy) is 2. The van der Waals surface area contributed by atoms with Crippen molar-refractivity contribution in [2.75, 3.05) is 20.8 Å². The second-order valence-electron chi connectivity index (χ2n) is 17.6. The molecule has 0 saturated heterocycles. The van der Waals surface area contributed by atoms with Gasteiger partial charge in [0.2, 0.25) is 22.4 Å². The van der Waals surface area contributed by atoms with E-state index in [0.29, 0.717) is 12.4 Å². The number of esters is 1. The van der Waals surface area contributed by atoms with Gasteiger partial charge in [-0.15, -0.1) is 0 Å². The number of methoxy groups -OCH3 is 2. The van der Waals surface area contributed by atoms with Gasteiger partial charge in [0, 0.05) is 25.6 Å². The SMILES string of the molecule is COC(=O)/C(O[Si](C)(C)C)=C(\O[Si](C)(C)C)[C@H](C)CC[C@@H](C[C@H](OC)/C(C)=C/CO[Si](C)(C)C(C)(C)C)O[Si](C)(C)C(C)(C)C. The molecule has 0 radical (unpaired) electrons. The molecule has 11 heteroatoms. The Morgan fingerprint density at radius 2 is 1.24 bits per heavy atom. The quantitative estimate of drug-likeness (QED) is 0.0462. The molecule has 0 fully saturated rings. The molecule has 3 atom stereocenters. The molecule has 0 N–H and O–H groups in total. The van der Waals surface area contributed by atoms with Crippen LogP contribution in [0.4, 0.5) is 0 Å². The molecular formula is C34H72O7Si4. The van der Waals surface area contributed by atoms with Gasteiger partial charge in [-0.3, -0.25) is 0 Å². The van der Waals surface area contributed by atoms with Crippen LogP contribution in [0.25, 0.3) is 0 Å². The summed E-state index contributed by atoms with van der Waals surface area (Å²) in [6.07, 6.45) is 4.35. The fourth-order valence-electron chi connectivity index (χ4n) is 4.11. The van der Waals surface area contributed by atoms with Crippen LogP contribution in [0.15, 0.2) is 23.2 Å². The molecule has 7 nitrogen and oxygen atoms in total. The Kier molecular flexibility index (Phi) is 16.8. The highest BCUT2D eigenvalue weighted by atomic mass is 28.4. The maximum atomic E-state index is 13.0. The highest BCUT2D eigenvalue weighted by Gasteiger charge is 2.40. The van der Waals surface area contributed by atoms with Crippen LogP contribution in [0.5, 0.6) is 0 Å². The lowest BCUT2D eigenvalue weighted by Crippen LogP contribution is -2.45. The molecule has 0 unspecified atom stereocenters. The first-order valence-corrected chi connectivity index (χ1v) is 29.3. The highest BCUT2D eigenvalue weighted by molar-refractivity contribution is 6.74. The van der Waals surface area contributed by atoms with Gasteiger partial charge in [-0.25, -0.2) is 4.79 Å². The fraction of sp³-hybridized carbons (Fsp3) is 0.853. The molecule has 0 aliphatic rings. The van der Waals surface area contributed by atoms with Crippen molar-refractivity contribution in [3.05, 3.63) is 23.2 Å². The average molecular weight is 705 g/mol. The summed E-state index contributed by atoms with van der Waals surface area (Å²) in [6, 6.07) is 0. The topological polar surface area (TPSA) is 72.5 Å². The molecule has 45 heavy (non-hydrogen) atoms. The summed E-state index contributed by atoms with van der Waals surface area (Å²) >= 11 is 0. The van der Waals surface area contributed by atoms with E-state index in [4.69, 9.17) is 27.2 Å². The van der Waals surface area contributed by atoms with E-state index in [2.05, 4.69) is 127 Å². The normalized spacial score (nSPS) is 16.9. The van der Waals surface area contributed by atoms with E-state index >= 15 is 0 Å². The molecule has 266 valence electrons. The summed E-state index contributed by atoms with van der Waals surface area (Å²) < 4.78 is 37.7. The van der Waals surface area contributed by atoms with E-state index in [1.807, 2.05) is 0 Å². The van der Waals surface area contributed by atoms with Gasteiger partial charge >= 0.3 is 5.97 Å². The Bertz CT molecular complexity index is 994. The minimum absolute atomic E-state index is 0.0319. The lowest BCUT2D eigenvalue weighted by atomic mass is 9.96. The Hall–Kier alpha value is -0.702. The standard InChI is InChI=1S/C34H72O7Si4/c1-26(23-24-38-44(17,18)33(3,4)5)29(36-9)25-28(39-45(19,20)34(6,7)8)22-21-27(2)30(40-42(11,12)13)31(32(35)37-10)41-43(14,15)16/h23,27-29H,21-22,24-25H2,1-20H3/b26-23+,31-30+/t27-,28+,29+/m1/s1. The van der Waals surface area contributed by atoms with Crippen LogP contribution in [0, 0.1) is 5.92 Å². The molecule has 0 heterocycles. The summed E-state index contributed by atoms with van der Waals surface area (Å²) in [6.45, 7) is 40.2. The largest absolute Gasteiger partial charge is 0.544 e. The van der Waals surface area contributed by atoms with Crippen LogP contribution in [0.2, 0.25) is 75.5 Å². The predicted octanol–water partition coefficient (Wildman–Crippen LogP) is 10.3. The second-order valence-corrected chi connectivity index (χ2v) is 36.0. The molecule has 0 aromatic rings. The van der Waals surface area contributed by atoms with Gasteiger partial charge in [-0.05, 0) is 101 Å². The predicted molar refractivity (Wildman–Crippen MR) is 201 cm³/mol. The van der Waals surface area contributed by atoms with Crippen molar-refractivity contribution in [1.82, 2.24) is 0 Å². The van der Waals surface area contributed by atoms with E-state index in [1.165, 1.54) is 7.11 Å². The first kappa shape index (κ1) is 44.3. The van der Waals surface area contributed by atoms with Crippen LogP contribution in [-0.4, -0.2) is 72.3 Å². The highest BCUT2D eigenvalue weighted by Crippen LogP contribution is 2.40. The van der Waals surface area contributed by atoms with Crippen molar-refractivity contribution in [2.45, 2.75) is 162 Å². The van der Waals surface area contributed by atoms with E-state index in [-0.39, 0.29) is 34.0 Å². The zero-order chi connectivity index (χ0) is 35.8. The summed E-state index contributed by atoms with van der Waals surface area (Å²) in [5, 5.41) is 0.227. The van der Waals surface area contributed by atoms with E-state index in [9.17, 15) is 4.79 Å². The van der Waals surface area contributed by atoms with Gasteiger partial charge in [-0.1, -0.05) is 54.5 Å². The van der Waals surface area contributed by atoms with Gasteiger partial charge < -0.3 is 27.2 Å². The van der Waals surface area contributed by atoms with Crippen molar-refractivity contribution in [2.24, 2.45) is 5.92 Å². The number of carbonyl (C=O) groups is 1. The lowest BCUT2D eigenvalue weighted by molar-refractivity contribution is -0.139. The van der Waals surface area contributed by atoms with Gasteiger partial charge in [-0.2, -0.15) is 0 Å². The Morgan fingerprint density at radius 1 is 0.756 bits per heavy atom. The van der Waals surface area contributed by atoms with Crippen LogP contribution < -0.4 is 0 Å². The number of hydrogen-bond acceptors (Lipinski definition) is 7. The Morgan fingerprint density at radius 3 is 1.64 bits per heavy atom. The van der Waals surface area contributed by atoms with Gasteiger partial charge in [0.1, 0.15) is 5.76 Å². The first-order chi connectivity index (χ1) is 20.0. The lowest BCUT2D eigenvalue weighted by Gasteiger charge is -2.40. The van der Waals surface area contributed by atoms with E-state index in [0.717, 1.165) is 24.8 Å². The van der Waals surface area contributed by atoms with Gasteiger partial charge in [0.25, 0.3) is 0 Å². The molecule has 0 aromatic heterocycles. The van der Waals surface area contributed by atoms with Crippen molar-refractivity contribution < 1.29 is 32.0 Å². The zero-order valence-electron chi connectivity index (χ0n) is 33.0. The minimum Gasteiger partial charge on any atom is -0.544 e. The summed E-state index contributed by atoms with van der Waals surface area (Å²) in [7, 11) is -4.97. The fourth-order valence-corrected chi connectivity index (χ4v) is 8.20. The molecule has 0 rings (SSSR count). The van der Waals surface area contributed by atoms with Crippen LogP contribution >= 0.6 is 0 Å². The maximum Gasteiger partial charge on any atom is 0.375 e. The van der Waals surface area contributed by atoms with Gasteiger partial charge in [0.05, 0.1) is 19.8 Å². The third-order valence-corrected chi connectivity index (χ3v) is 19.7. The Labute approximate surface area is 282 Å². The van der Waals surface area contributed by atoms with Gasteiger partial charge in [0.15, 0.2) is 16.6 Å². The van der Waals surface area contributed by atoms with Crippen molar-refractivity contribution in [3.8, 4) is 0 Å². The smallest absolute Gasteiger partial charge is 0.375 e. The average Bonchev–Trinajstić information content (AvgIpc) is 2.84. The molecule has 0 saturated carbocycles. The maximum absolute atomic E-state index is 13.0. The summed E-state index contributed by atoms with van der Waals surface area (Å²) in [4.78, 5) is 13.0. The molecule has 0 bridgehead atoms. The molecule has 0 aromatic carbocycles. The third-order valence-electron chi connectivity index (χ3n) is 8.98. The van der Waals surface area contributed by atoms with Crippen LogP contribution in [0.3, 0.4) is 0 Å². The van der Waals surface area contributed by atoms with Crippen molar-refractivity contribution in [1.29, 1.82) is 0 Å². The first-order valence-electron chi connectivity index (χ1n) is 16.7. The van der Waals surface area contributed by atoms with E-state index < -0.39 is 39.2 Å². The molecule has 0 aliphatic heterocycles. The molecule has 0 spiro atoms. The van der Waals surface area contributed by atoms with E-state index in [1.54, 1.807) is 7.11 Å². The van der Waals surface area contributed by atoms with Crippen LogP contribution in [-0.2, 0) is 32.0 Å². The number of rotatable bonds is 18. The van der Waals surface area contributed by atoms with Crippen molar-refractivity contribution >= 4 is 39.2 Å². The third kappa shape index (κ3) is 15.8. The van der Waals surface area contributed by atoms with Crippen molar-refractivity contribution in [3.63, 3.8) is 0 Å². The monoisotopic (exact) mass is 704 g/mol. The van der Waals surface area contributed by atoms with Crippen LogP contribution in [0.1, 0.15) is 74.7 Å². The number of hydrogen-bond donors (Lipinski definition) is 0. The zero-order valence-corrected chi connectivity index (χ0v) is 37.0. The minimum atomic E-state index is -2.13.